The van der Waals surface area contributed by atoms with Gasteiger partial charge in [0.25, 0.3) is 0 Å². The molecule has 3 aromatic rings. The van der Waals surface area contributed by atoms with Crippen LogP contribution in [0, 0.1) is 11.8 Å². The molecular formula is C29H39N7O. The molecule has 0 saturated heterocycles. The minimum absolute atomic E-state index is 0.133. The van der Waals surface area contributed by atoms with E-state index < -0.39 is 0 Å². The lowest BCUT2D eigenvalue weighted by Gasteiger charge is -2.36. The molecule has 1 aliphatic heterocycles. The van der Waals surface area contributed by atoms with Crippen molar-refractivity contribution in [3.8, 4) is 11.4 Å². The van der Waals surface area contributed by atoms with Gasteiger partial charge in [0, 0.05) is 47.9 Å². The summed E-state index contributed by atoms with van der Waals surface area (Å²) in [7, 11) is 0. The standard InChI is InChI=1S/C29H39N7O/c1-4-6-13-25-19-35(26-21(3)9-7-10-22(26)5-2)28(37)36(25)20-29(14-16-30-17-15-29)24-12-8-11-23(18-24)27-31-33-34-32-27/h8,11-12,14,16-19,21-22,26H,4-7,9-10,13,15,20H2,1-3H3,(H,31,32,33,34). The molecule has 0 spiro atoms. The number of nitrogens with one attached hydrogen (secondary N) is 1. The minimum Gasteiger partial charge on any atom is -0.295 e. The Morgan fingerprint density at radius 2 is 2.11 bits per heavy atom. The molecule has 1 N–H and O–H groups in total. The van der Waals surface area contributed by atoms with Crippen LogP contribution in [0.2, 0.25) is 0 Å². The van der Waals surface area contributed by atoms with Crippen molar-refractivity contribution in [1.29, 1.82) is 0 Å². The lowest BCUT2D eigenvalue weighted by Crippen LogP contribution is -2.40. The van der Waals surface area contributed by atoms with Crippen LogP contribution in [0.3, 0.4) is 0 Å². The molecule has 1 fully saturated rings. The molecule has 2 aliphatic rings. The fourth-order valence-electron chi connectivity index (χ4n) is 6.44. The maximum absolute atomic E-state index is 14.2. The van der Waals surface area contributed by atoms with Crippen LogP contribution in [0.4, 0.5) is 0 Å². The number of imidazole rings is 1. The summed E-state index contributed by atoms with van der Waals surface area (Å²) in [5, 5.41) is 14.4. The Morgan fingerprint density at radius 1 is 1.22 bits per heavy atom. The summed E-state index contributed by atoms with van der Waals surface area (Å²) in [6.07, 6.45) is 16.8. The fraction of sp³-hybridized carbons (Fsp3) is 0.552. The summed E-state index contributed by atoms with van der Waals surface area (Å²) in [5.41, 5.74) is 2.95. The number of aromatic nitrogens is 6. The zero-order valence-corrected chi connectivity index (χ0v) is 22.3. The van der Waals surface area contributed by atoms with E-state index >= 15 is 0 Å². The Balaban J connectivity index is 1.58. The number of unbranched alkanes of at least 4 members (excludes halogenated alkanes) is 1. The van der Waals surface area contributed by atoms with Gasteiger partial charge in [-0.3, -0.25) is 14.1 Å². The summed E-state index contributed by atoms with van der Waals surface area (Å²) in [6, 6.07) is 8.59. The maximum atomic E-state index is 14.2. The lowest BCUT2D eigenvalue weighted by atomic mass is 9.76. The zero-order valence-electron chi connectivity index (χ0n) is 22.3. The number of tetrazole rings is 1. The molecule has 1 saturated carbocycles. The number of allylic oxidation sites excluding steroid dienone is 1. The number of nitrogens with zero attached hydrogens (tertiary/aromatic N) is 6. The second-order valence-corrected chi connectivity index (χ2v) is 10.9. The third-order valence-electron chi connectivity index (χ3n) is 8.56. The first-order valence-electron chi connectivity index (χ1n) is 13.9. The second kappa shape index (κ2) is 11.0. The number of hydrogen-bond donors (Lipinski definition) is 1. The van der Waals surface area contributed by atoms with Gasteiger partial charge in [-0.1, -0.05) is 64.3 Å². The van der Waals surface area contributed by atoms with E-state index in [4.69, 9.17) is 0 Å². The van der Waals surface area contributed by atoms with Crippen molar-refractivity contribution in [2.75, 3.05) is 0 Å². The van der Waals surface area contributed by atoms with Crippen LogP contribution < -0.4 is 5.69 Å². The molecule has 2 aromatic heterocycles. The molecule has 3 heterocycles. The fourth-order valence-corrected chi connectivity index (χ4v) is 6.44. The Bertz CT molecular complexity index is 1300. The average Bonchev–Trinajstić information content (AvgIpc) is 3.57. The first kappa shape index (κ1) is 25.4. The van der Waals surface area contributed by atoms with Crippen molar-refractivity contribution in [1.82, 2.24) is 29.8 Å². The topological polar surface area (TPSA) is 93.7 Å². The molecule has 37 heavy (non-hydrogen) atoms. The molecule has 0 bridgehead atoms. The lowest BCUT2D eigenvalue weighted by molar-refractivity contribution is 0.161. The number of rotatable bonds is 9. The highest BCUT2D eigenvalue weighted by Gasteiger charge is 2.36. The van der Waals surface area contributed by atoms with Crippen LogP contribution >= 0.6 is 0 Å². The van der Waals surface area contributed by atoms with Crippen molar-refractivity contribution < 1.29 is 0 Å². The normalized spacial score (nSPS) is 25.5. The van der Waals surface area contributed by atoms with Gasteiger partial charge in [0.05, 0.1) is 0 Å². The molecule has 0 amide bonds. The van der Waals surface area contributed by atoms with Gasteiger partial charge in [-0.15, -0.1) is 5.10 Å². The van der Waals surface area contributed by atoms with Gasteiger partial charge >= 0.3 is 5.69 Å². The van der Waals surface area contributed by atoms with Crippen LogP contribution in [0.5, 0.6) is 0 Å². The van der Waals surface area contributed by atoms with E-state index in [1.807, 2.05) is 24.5 Å². The molecule has 196 valence electrons. The first-order chi connectivity index (χ1) is 18.1. The number of aryl methyl sites for hydroxylation is 1. The summed E-state index contributed by atoms with van der Waals surface area (Å²) >= 11 is 0. The van der Waals surface area contributed by atoms with Gasteiger partial charge in [0.2, 0.25) is 0 Å². The van der Waals surface area contributed by atoms with Crippen molar-refractivity contribution >= 4 is 6.21 Å². The van der Waals surface area contributed by atoms with E-state index in [9.17, 15) is 4.79 Å². The molecule has 1 aliphatic carbocycles. The zero-order chi connectivity index (χ0) is 25.8. The summed E-state index contributed by atoms with van der Waals surface area (Å²) in [5.74, 6) is 1.70. The van der Waals surface area contributed by atoms with Gasteiger partial charge in [0.15, 0.2) is 5.82 Å². The smallest absolute Gasteiger partial charge is 0.295 e. The third-order valence-corrected chi connectivity index (χ3v) is 8.56. The molecule has 8 nitrogen and oxygen atoms in total. The number of hydrogen-bond acceptors (Lipinski definition) is 5. The molecule has 4 atom stereocenters. The molecule has 1 aromatic carbocycles. The Morgan fingerprint density at radius 3 is 2.84 bits per heavy atom. The average molecular weight is 502 g/mol. The van der Waals surface area contributed by atoms with Crippen molar-refractivity contribution in [3.05, 3.63) is 64.5 Å². The molecule has 8 heteroatoms. The monoisotopic (exact) mass is 501 g/mol. The molecule has 0 radical (unpaired) electrons. The van der Waals surface area contributed by atoms with Crippen LogP contribution in [0.1, 0.15) is 83.0 Å². The number of aromatic amines is 1. The van der Waals surface area contributed by atoms with Crippen LogP contribution in [0.15, 0.2) is 52.5 Å². The van der Waals surface area contributed by atoms with E-state index in [1.54, 1.807) is 0 Å². The highest BCUT2D eigenvalue weighted by atomic mass is 16.1. The van der Waals surface area contributed by atoms with E-state index in [0.29, 0.717) is 24.2 Å². The predicted molar refractivity (Wildman–Crippen MR) is 147 cm³/mol. The van der Waals surface area contributed by atoms with Crippen molar-refractivity contribution in [2.45, 2.75) is 90.1 Å². The molecule has 4 unspecified atom stereocenters. The number of aliphatic imine (C=N–C) groups is 1. The van der Waals surface area contributed by atoms with E-state index in [2.05, 4.69) is 79.9 Å². The van der Waals surface area contributed by atoms with E-state index in [-0.39, 0.29) is 17.1 Å². The summed E-state index contributed by atoms with van der Waals surface area (Å²) < 4.78 is 4.17. The molecule has 5 rings (SSSR count). The number of benzene rings is 1. The largest absolute Gasteiger partial charge is 0.328 e. The van der Waals surface area contributed by atoms with E-state index in [1.165, 1.54) is 19.3 Å². The Kier molecular flexibility index (Phi) is 7.53. The third kappa shape index (κ3) is 4.98. The first-order valence-corrected chi connectivity index (χ1v) is 13.9. The Labute approximate surface area is 218 Å². The van der Waals surface area contributed by atoms with Gasteiger partial charge in [-0.25, -0.2) is 9.89 Å². The second-order valence-electron chi connectivity index (χ2n) is 10.9. The van der Waals surface area contributed by atoms with Gasteiger partial charge in [-0.2, -0.15) is 0 Å². The van der Waals surface area contributed by atoms with Crippen LogP contribution in [-0.4, -0.2) is 36.0 Å². The van der Waals surface area contributed by atoms with Gasteiger partial charge in [-0.05, 0) is 66.0 Å². The van der Waals surface area contributed by atoms with Crippen LogP contribution in [0.25, 0.3) is 11.4 Å². The Hall–Kier alpha value is -3.29. The molecular weight excluding hydrogens is 462 g/mol. The highest BCUT2D eigenvalue weighted by molar-refractivity contribution is 5.65. The van der Waals surface area contributed by atoms with Gasteiger partial charge in [0.1, 0.15) is 0 Å². The van der Waals surface area contributed by atoms with Crippen molar-refractivity contribution in [3.63, 3.8) is 0 Å². The predicted octanol–water partition coefficient (Wildman–Crippen LogP) is 5.49. The van der Waals surface area contributed by atoms with Crippen molar-refractivity contribution in [2.24, 2.45) is 16.8 Å². The van der Waals surface area contributed by atoms with E-state index in [0.717, 1.165) is 48.9 Å². The summed E-state index contributed by atoms with van der Waals surface area (Å²) in [6.45, 7) is 7.39. The maximum Gasteiger partial charge on any atom is 0.328 e. The number of H-pyrrole nitrogens is 1. The summed E-state index contributed by atoms with van der Waals surface area (Å²) in [4.78, 5) is 18.6. The minimum atomic E-state index is -0.384. The SMILES string of the molecule is CCCCc1cn(C2C(C)CCCC2CC)c(=O)n1CC1(c2cccc(-c3nnn[nH]3)c2)C=CN=CC1. The van der Waals surface area contributed by atoms with Gasteiger partial charge < -0.3 is 0 Å². The van der Waals surface area contributed by atoms with Crippen LogP contribution in [-0.2, 0) is 18.4 Å². The highest BCUT2D eigenvalue weighted by Crippen LogP contribution is 2.40. The quantitative estimate of drug-likeness (QED) is 0.420.